The zero-order chi connectivity index (χ0) is 12.5. The highest BCUT2D eigenvalue weighted by atomic mass is 16.1. The first kappa shape index (κ1) is 11.2. The molecule has 0 amide bonds. The number of Topliss-reactive ketones (excluding diaryl/α,β-unsaturated/α-hetero) is 1. The van der Waals surface area contributed by atoms with E-state index >= 15 is 0 Å². The maximum absolute atomic E-state index is 12.2. The summed E-state index contributed by atoms with van der Waals surface area (Å²) in [5.74, 6) is 0.379. The summed E-state index contributed by atoms with van der Waals surface area (Å²) < 4.78 is 0. The number of ketones is 1. The second kappa shape index (κ2) is 4.41. The quantitative estimate of drug-likeness (QED) is 0.677. The first-order chi connectivity index (χ1) is 8.75. The third-order valence-corrected chi connectivity index (χ3v) is 3.80. The number of carbonyl (C=O) groups is 1. The molecular formula is C17H16O. The van der Waals surface area contributed by atoms with Gasteiger partial charge in [0.05, 0.1) is 0 Å². The van der Waals surface area contributed by atoms with Crippen molar-refractivity contribution in [3.63, 3.8) is 0 Å². The van der Waals surface area contributed by atoms with Gasteiger partial charge < -0.3 is 0 Å². The molecule has 90 valence electrons. The fraction of sp³-hybridized carbons (Fsp3) is 0.235. The third kappa shape index (κ3) is 1.86. The van der Waals surface area contributed by atoms with E-state index in [1.165, 1.54) is 16.3 Å². The summed E-state index contributed by atoms with van der Waals surface area (Å²) in [6.45, 7) is 3.93. The molecule has 0 radical (unpaired) electrons. The molecule has 18 heavy (non-hydrogen) atoms. The average molecular weight is 236 g/mol. The van der Waals surface area contributed by atoms with Gasteiger partial charge in [0.25, 0.3) is 0 Å². The van der Waals surface area contributed by atoms with Crippen LogP contribution in [-0.4, -0.2) is 5.78 Å². The smallest absolute Gasteiger partial charge is 0.144 e. The molecule has 1 atom stereocenters. The number of allylic oxidation sites excluding steroid dienone is 1. The Bertz CT molecular complexity index is 619. The molecule has 2 aromatic rings. The lowest BCUT2D eigenvalue weighted by Gasteiger charge is -2.23. The van der Waals surface area contributed by atoms with E-state index in [0.29, 0.717) is 12.2 Å². The molecule has 1 unspecified atom stereocenters. The average Bonchev–Trinajstić information content (AvgIpc) is 2.38. The Hall–Kier alpha value is -1.89. The van der Waals surface area contributed by atoms with E-state index < -0.39 is 0 Å². The monoisotopic (exact) mass is 236 g/mol. The van der Waals surface area contributed by atoms with Crippen molar-refractivity contribution >= 4 is 16.6 Å². The predicted octanol–water partition coefficient (Wildman–Crippen LogP) is 4.23. The Morgan fingerprint density at radius 3 is 2.67 bits per heavy atom. The van der Waals surface area contributed by atoms with Gasteiger partial charge in [0, 0.05) is 12.3 Å². The molecule has 0 aromatic heterocycles. The van der Waals surface area contributed by atoms with Crippen LogP contribution in [0.2, 0.25) is 0 Å². The molecule has 0 heterocycles. The van der Waals surface area contributed by atoms with Crippen molar-refractivity contribution in [3.8, 4) is 0 Å². The largest absolute Gasteiger partial charge is 0.299 e. The molecule has 0 saturated heterocycles. The minimum absolute atomic E-state index is 0.0570. The Morgan fingerprint density at radius 1 is 1.06 bits per heavy atom. The Labute approximate surface area is 107 Å². The molecule has 0 bridgehead atoms. The van der Waals surface area contributed by atoms with Crippen molar-refractivity contribution in [2.45, 2.75) is 25.2 Å². The predicted molar refractivity (Wildman–Crippen MR) is 74.7 cm³/mol. The second-order valence-corrected chi connectivity index (χ2v) is 5.05. The highest BCUT2D eigenvalue weighted by Gasteiger charge is 2.26. The molecule has 3 rings (SSSR count). The fourth-order valence-electron chi connectivity index (χ4n) is 2.85. The van der Waals surface area contributed by atoms with Gasteiger partial charge in [-0.05, 0) is 29.2 Å². The van der Waals surface area contributed by atoms with E-state index in [9.17, 15) is 4.79 Å². The van der Waals surface area contributed by atoms with Crippen LogP contribution in [0.25, 0.3) is 10.8 Å². The van der Waals surface area contributed by atoms with Crippen LogP contribution in [0.4, 0.5) is 0 Å². The van der Waals surface area contributed by atoms with Gasteiger partial charge >= 0.3 is 0 Å². The van der Waals surface area contributed by atoms with Crippen LogP contribution in [0.3, 0.4) is 0 Å². The van der Waals surface area contributed by atoms with E-state index in [0.717, 1.165) is 18.4 Å². The number of fused-ring (bicyclic) bond motifs is 1. The zero-order valence-corrected chi connectivity index (χ0v) is 10.4. The summed E-state index contributed by atoms with van der Waals surface area (Å²) in [5.41, 5.74) is 2.27. The molecule has 1 heteroatoms. The van der Waals surface area contributed by atoms with Gasteiger partial charge in [-0.15, -0.1) is 0 Å². The Balaban J connectivity index is 2.09. The van der Waals surface area contributed by atoms with E-state index in [4.69, 9.17) is 0 Å². The maximum Gasteiger partial charge on any atom is 0.144 e. The molecular weight excluding hydrogens is 220 g/mol. The standard InChI is InChI=1S/C17H16O/c1-12-9-10-16(17(18)11-12)15-8-4-6-13-5-2-3-7-14(13)15/h2-8,16H,1,9-11H2. The summed E-state index contributed by atoms with van der Waals surface area (Å²) in [7, 11) is 0. The topological polar surface area (TPSA) is 17.1 Å². The molecule has 1 nitrogen and oxygen atoms in total. The molecule has 1 saturated carbocycles. The lowest BCUT2D eigenvalue weighted by Crippen LogP contribution is -2.18. The first-order valence-electron chi connectivity index (χ1n) is 6.43. The minimum atomic E-state index is 0.0570. The van der Waals surface area contributed by atoms with Crippen molar-refractivity contribution in [2.75, 3.05) is 0 Å². The Kier molecular flexibility index (Phi) is 2.75. The van der Waals surface area contributed by atoms with Crippen LogP contribution in [-0.2, 0) is 4.79 Å². The maximum atomic E-state index is 12.2. The van der Waals surface area contributed by atoms with Gasteiger partial charge in [0.15, 0.2) is 0 Å². The zero-order valence-electron chi connectivity index (χ0n) is 10.4. The van der Waals surface area contributed by atoms with E-state index in [2.05, 4.69) is 30.8 Å². The number of carbonyl (C=O) groups excluding carboxylic acids is 1. The summed E-state index contributed by atoms with van der Waals surface area (Å²) in [5, 5.41) is 2.43. The van der Waals surface area contributed by atoms with Crippen LogP contribution in [0, 0.1) is 0 Å². The van der Waals surface area contributed by atoms with Crippen LogP contribution >= 0.6 is 0 Å². The Morgan fingerprint density at radius 2 is 1.83 bits per heavy atom. The number of hydrogen-bond acceptors (Lipinski definition) is 1. The van der Waals surface area contributed by atoms with Crippen molar-refractivity contribution in [3.05, 3.63) is 60.2 Å². The van der Waals surface area contributed by atoms with Crippen molar-refractivity contribution in [1.29, 1.82) is 0 Å². The SMILES string of the molecule is C=C1CCC(c2cccc3ccccc23)C(=O)C1. The van der Waals surface area contributed by atoms with Gasteiger partial charge in [-0.3, -0.25) is 4.79 Å². The van der Waals surface area contributed by atoms with E-state index in [1.807, 2.05) is 18.2 Å². The van der Waals surface area contributed by atoms with Gasteiger partial charge in [-0.1, -0.05) is 54.6 Å². The van der Waals surface area contributed by atoms with E-state index in [1.54, 1.807) is 0 Å². The summed E-state index contributed by atoms with van der Waals surface area (Å²) >= 11 is 0. The van der Waals surface area contributed by atoms with Crippen LogP contribution in [0.5, 0.6) is 0 Å². The van der Waals surface area contributed by atoms with Crippen LogP contribution in [0.1, 0.15) is 30.7 Å². The molecule has 1 aliphatic rings. The first-order valence-corrected chi connectivity index (χ1v) is 6.43. The van der Waals surface area contributed by atoms with Crippen molar-refractivity contribution < 1.29 is 4.79 Å². The highest BCUT2D eigenvalue weighted by Crippen LogP contribution is 2.35. The second-order valence-electron chi connectivity index (χ2n) is 5.05. The number of hydrogen-bond donors (Lipinski definition) is 0. The molecule has 1 fully saturated rings. The van der Waals surface area contributed by atoms with E-state index in [-0.39, 0.29) is 5.92 Å². The van der Waals surface area contributed by atoms with Crippen molar-refractivity contribution in [2.24, 2.45) is 0 Å². The van der Waals surface area contributed by atoms with Gasteiger partial charge in [0.1, 0.15) is 5.78 Å². The van der Waals surface area contributed by atoms with Crippen LogP contribution in [0.15, 0.2) is 54.6 Å². The minimum Gasteiger partial charge on any atom is -0.299 e. The summed E-state index contributed by atoms with van der Waals surface area (Å²) in [4.78, 5) is 12.2. The molecule has 1 aliphatic carbocycles. The third-order valence-electron chi connectivity index (χ3n) is 3.80. The highest BCUT2D eigenvalue weighted by molar-refractivity contribution is 5.95. The molecule has 0 N–H and O–H groups in total. The summed E-state index contributed by atoms with van der Waals surface area (Å²) in [6, 6.07) is 14.5. The fourth-order valence-corrected chi connectivity index (χ4v) is 2.85. The molecule has 2 aromatic carbocycles. The van der Waals surface area contributed by atoms with Gasteiger partial charge in [-0.25, -0.2) is 0 Å². The lowest BCUT2D eigenvalue weighted by atomic mass is 9.79. The van der Waals surface area contributed by atoms with Crippen LogP contribution < -0.4 is 0 Å². The molecule has 0 aliphatic heterocycles. The number of rotatable bonds is 1. The molecule has 0 spiro atoms. The normalized spacial score (nSPS) is 20.3. The summed E-state index contributed by atoms with van der Waals surface area (Å²) in [6.07, 6.45) is 2.43. The number of benzene rings is 2. The van der Waals surface area contributed by atoms with Crippen molar-refractivity contribution in [1.82, 2.24) is 0 Å². The lowest BCUT2D eigenvalue weighted by molar-refractivity contribution is -0.120. The van der Waals surface area contributed by atoms with Gasteiger partial charge in [-0.2, -0.15) is 0 Å². The van der Waals surface area contributed by atoms with Gasteiger partial charge in [0.2, 0.25) is 0 Å².